The van der Waals surface area contributed by atoms with Crippen LogP contribution in [0.1, 0.15) is 0 Å². The molecule has 0 bridgehead atoms. The summed E-state index contributed by atoms with van der Waals surface area (Å²) >= 11 is 5.86. The van der Waals surface area contributed by atoms with Crippen molar-refractivity contribution in [1.82, 2.24) is 0 Å². The number of nitrogens with two attached hydrogens (primary N) is 1. The van der Waals surface area contributed by atoms with Crippen molar-refractivity contribution in [1.29, 1.82) is 0 Å². The van der Waals surface area contributed by atoms with Crippen LogP contribution in [0.4, 0.5) is 5.69 Å². The molecule has 0 aliphatic heterocycles. The van der Waals surface area contributed by atoms with E-state index in [2.05, 4.69) is 0 Å². The van der Waals surface area contributed by atoms with Crippen molar-refractivity contribution in [3.63, 3.8) is 0 Å². The highest BCUT2D eigenvalue weighted by atomic mass is 35.5. The quantitative estimate of drug-likeness (QED) is 0.884. The van der Waals surface area contributed by atoms with Crippen molar-refractivity contribution in [2.75, 3.05) is 12.0 Å². The molecule has 0 atom stereocenters. The van der Waals surface area contributed by atoms with Gasteiger partial charge in [0.05, 0.1) is 10.6 Å². The number of halogens is 1. The molecule has 100 valence electrons. The van der Waals surface area contributed by atoms with Gasteiger partial charge in [-0.2, -0.15) is 0 Å². The van der Waals surface area contributed by atoms with E-state index in [9.17, 15) is 8.42 Å². The SMILES string of the molecule is CS(=O)(=O)c1cccc(Oc2cc(Cl)ccc2N)c1. The molecule has 19 heavy (non-hydrogen) atoms. The van der Waals surface area contributed by atoms with Crippen LogP contribution in [0.15, 0.2) is 47.4 Å². The van der Waals surface area contributed by atoms with Gasteiger partial charge in [-0.3, -0.25) is 0 Å². The highest BCUT2D eigenvalue weighted by molar-refractivity contribution is 7.90. The molecule has 0 radical (unpaired) electrons. The van der Waals surface area contributed by atoms with E-state index in [1.807, 2.05) is 0 Å². The number of ether oxygens (including phenoxy) is 1. The van der Waals surface area contributed by atoms with E-state index < -0.39 is 9.84 Å². The first-order valence-corrected chi connectivity index (χ1v) is 7.66. The molecule has 0 aromatic heterocycles. The van der Waals surface area contributed by atoms with Gasteiger partial charge >= 0.3 is 0 Å². The summed E-state index contributed by atoms with van der Waals surface area (Å²) in [5.74, 6) is 0.773. The Bertz CT molecular complexity index is 714. The van der Waals surface area contributed by atoms with Gasteiger partial charge in [0.25, 0.3) is 0 Å². The lowest BCUT2D eigenvalue weighted by molar-refractivity contribution is 0.483. The van der Waals surface area contributed by atoms with Crippen LogP contribution in [0, 0.1) is 0 Å². The van der Waals surface area contributed by atoms with Gasteiger partial charge in [0.2, 0.25) is 0 Å². The average molecular weight is 298 g/mol. The molecule has 0 heterocycles. The van der Waals surface area contributed by atoms with Crippen molar-refractivity contribution >= 4 is 27.1 Å². The van der Waals surface area contributed by atoms with Crippen LogP contribution in [0.2, 0.25) is 5.02 Å². The first-order chi connectivity index (χ1) is 8.86. The molecular formula is C13H12ClNO3S. The third-order valence-electron chi connectivity index (χ3n) is 2.44. The fourth-order valence-corrected chi connectivity index (χ4v) is 2.31. The van der Waals surface area contributed by atoms with E-state index in [1.165, 1.54) is 12.1 Å². The van der Waals surface area contributed by atoms with Crippen molar-refractivity contribution in [2.45, 2.75) is 4.90 Å². The topological polar surface area (TPSA) is 69.4 Å². The molecule has 0 saturated carbocycles. The van der Waals surface area contributed by atoms with E-state index in [0.29, 0.717) is 22.2 Å². The normalized spacial score (nSPS) is 11.3. The van der Waals surface area contributed by atoms with Gasteiger partial charge in [0, 0.05) is 17.3 Å². The summed E-state index contributed by atoms with van der Waals surface area (Å²) in [5.41, 5.74) is 6.18. The van der Waals surface area contributed by atoms with Crippen molar-refractivity contribution < 1.29 is 13.2 Å². The molecule has 0 aliphatic rings. The molecule has 4 nitrogen and oxygen atoms in total. The monoisotopic (exact) mass is 297 g/mol. The Hall–Kier alpha value is -1.72. The van der Waals surface area contributed by atoms with E-state index in [1.54, 1.807) is 30.3 Å². The number of sulfone groups is 1. The molecule has 2 aromatic rings. The second-order valence-corrected chi connectivity index (χ2v) is 6.48. The van der Waals surface area contributed by atoms with Gasteiger partial charge in [-0.1, -0.05) is 17.7 Å². The molecule has 2 N–H and O–H groups in total. The van der Waals surface area contributed by atoms with Gasteiger partial charge in [0.15, 0.2) is 15.6 Å². The van der Waals surface area contributed by atoms with Crippen molar-refractivity contribution in [3.05, 3.63) is 47.5 Å². The number of rotatable bonds is 3. The highest BCUT2D eigenvalue weighted by Gasteiger charge is 2.09. The highest BCUT2D eigenvalue weighted by Crippen LogP contribution is 2.30. The predicted octanol–water partition coefficient (Wildman–Crippen LogP) is 3.12. The smallest absolute Gasteiger partial charge is 0.175 e. The maximum absolute atomic E-state index is 11.5. The van der Waals surface area contributed by atoms with E-state index in [0.717, 1.165) is 6.26 Å². The van der Waals surface area contributed by atoms with Crippen LogP contribution in [0.3, 0.4) is 0 Å². The molecule has 2 rings (SSSR count). The van der Waals surface area contributed by atoms with Gasteiger partial charge in [-0.25, -0.2) is 8.42 Å². The Morgan fingerprint density at radius 3 is 2.58 bits per heavy atom. The third-order valence-corrected chi connectivity index (χ3v) is 3.78. The fourth-order valence-electron chi connectivity index (χ4n) is 1.49. The Balaban J connectivity index is 2.36. The Kier molecular flexibility index (Phi) is 3.68. The lowest BCUT2D eigenvalue weighted by Gasteiger charge is -2.09. The standard InChI is InChI=1S/C13H12ClNO3S/c1-19(16,17)11-4-2-3-10(8-11)18-13-7-9(14)5-6-12(13)15/h2-8H,15H2,1H3. The second-order valence-electron chi connectivity index (χ2n) is 4.03. The fraction of sp³-hybridized carbons (Fsp3) is 0.0769. The summed E-state index contributed by atoms with van der Waals surface area (Å²) in [4.78, 5) is 0.186. The minimum Gasteiger partial charge on any atom is -0.455 e. The summed E-state index contributed by atoms with van der Waals surface area (Å²) in [6.07, 6.45) is 1.14. The maximum atomic E-state index is 11.5. The summed E-state index contributed by atoms with van der Waals surface area (Å²) in [6, 6.07) is 11.0. The largest absolute Gasteiger partial charge is 0.455 e. The Labute approximate surface area is 116 Å². The second kappa shape index (κ2) is 5.11. The van der Waals surface area contributed by atoms with Gasteiger partial charge < -0.3 is 10.5 Å². The van der Waals surface area contributed by atoms with E-state index >= 15 is 0 Å². The molecule has 2 aromatic carbocycles. The van der Waals surface area contributed by atoms with Gasteiger partial charge in [-0.05, 0) is 30.3 Å². The predicted molar refractivity (Wildman–Crippen MR) is 75.5 cm³/mol. The van der Waals surface area contributed by atoms with Crippen LogP contribution in [-0.2, 0) is 9.84 Å². The van der Waals surface area contributed by atoms with Gasteiger partial charge in [-0.15, -0.1) is 0 Å². The maximum Gasteiger partial charge on any atom is 0.175 e. The molecule has 0 aliphatic carbocycles. The van der Waals surface area contributed by atoms with Crippen LogP contribution in [0.5, 0.6) is 11.5 Å². The minimum atomic E-state index is -3.27. The van der Waals surface area contributed by atoms with Gasteiger partial charge in [0.1, 0.15) is 5.75 Å². The minimum absolute atomic E-state index is 0.186. The van der Waals surface area contributed by atoms with Crippen molar-refractivity contribution in [2.24, 2.45) is 0 Å². The molecule has 0 unspecified atom stereocenters. The first kappa shape index (κ1) is 13.7. The number of nitrogen functional groups attached to an aromatic ring is 1. The summed E-state index contributed by atoms with van der Waals surface area (Å²) in [6.45, 7) is 0. The van der Waals surface area contributed by atoms with Crippen molar-refractivity contribution in [3.8, 4) is 11.5 Å². The van der Waals surface area contributed by atoms with E-state index in [4.69, 9.17) is 22.1 Å². The summed E-state index contributed by atoms with van der Waals surface area (Å²) in [7, 11) is -3.27. The lowest BCUT2D eigenvalue weighted by atomic mass is 10.3. The van der Waals surface area contributed by atoms with Crippen LogP contribution in [0.25, 0.3) is 0 Å². The molecule has 0 spiro atoms. The zero-order chi connectivity index (χ0) is 14.0. The zero-order valence-electron chi connectivity index (χ0n) is 10.1. The summed E-state index contributed by atoms with van der Waals surface area (Å²) < 4.78 is 28.5. The van der Waals surface area contributed by atoms with Crippen LogP contribution < -0.4 is 10.5 Å². The number of benzene rings is 2. The molecule has 0 saturated heterocycles. The number of anilines is 1. The van der Waals surface area contributed by atoms with Crippen LogP contribution in [-0.4, -0.2) is 14.7 Å². The lowest BCUT2D eigenvalue weighted by Crippen LogP contribution is -1.97. The molecule has 0 fully saturated rings. The average Bonchev–Trinajstić information content (AvgIpc) is 2.33. The molecule has 0 amide bonds. The molecular weight excluding hydrogens is 286 g/mol. The number of hydrogen-bond acceptors (Lipinski definition) is 4. The Morgan fingerprint density at radius 1 is 1.16 bits per heavy atom. The summed E-state index contributed by atoms with van der Waals surface area (Å²) in [5, 5.41) is 0.489. The third kappa shape index (κ3) is 3.39. The number of hydrogen-bond donors (Lipinski definition) is 1. The molecule has 6 heteroatoms. The zero-order valence-corrected chi connectivity index (χ0v) is 11.7. The van der Waals surface area contributed by atoms with Crippen LogP contribution >= 0.6 is 11.6 Å². The van der Waals surface area contributed by atoms with E-state index in [-0.39, 0.29) is 4.90 Å². The first-order valence-electron chi connectivity index (χ1n) is 5.39. The Morgan fingerprint density at radius 2 is 1.89 bits per heavy atom.